The highest BCUT2D eigenvalue weighted by atomic mass is 19.4. The summed E-state index contributed by atoms with van der Waals surface area (Å²) in [6, 6.07) is 18.4. The Bertz CT molecular complexity index is 1440. The van der Waals surface area contributed by atoms with Gasteiger partial charge in [0.25, 0.3) is 11.8 Å². The van der Waals surface area contributed by atoms with E-state index >= 15 is 0 Å². The quantitative estimate of drug-likeness (QED) is 0.333. The number of hydrogen-bond acceptors (Lipinski definition) is 3. The van der Waals surface area contributed by atoms with Gasteiger partial charge in [-0.3, -0.25) is 14.6 Å². The number of fused-ring (bicyclic) bond motifs is 1. The molecule has 0 bridgehead atoms. The van der Waals surface area contributed by atoms with Gasteiger partial charge in [0.15, 0.2) is 0 Å². The van der Waals surface area contributed by atoms with Crippen molar-refractivity contribution >= 4 is 28.4 Å². The average Bonchev–Trinajstić information content (AvgIpc) is 3.71. The molecule has 3 aromatic carbocycles. The molecule has 0 aliphatic heterocycles. The van der Waals surface area contributed by atoms with E-state index in [1.807, 2.05) is 0 Å². The number of aromatic nitrogens is 1. The Labute approximate surface area is 205 Å². The van der Waals surface area contributed by atoms with Gasteiger partial charge in [-0.25, -0.2) is 0 Å². The van der Waals surface area contributed by atoms with E-state index in [1.165, 1.54) is 18.3 Å². The molecule has 1 heterocycles. The maximum Gasteiger partial charge on any atom is 0.416 e. The lowest BCUT2D eigenvalue weighted by atomic mass is 9.98. The molecule has 2 amide bonds. The van der Waals surface area contributed by atoms with Crippen LogP contribution >= 0.6 is 0 Å². The highest BCUT2D eigenvalue weighted by Crippen LogP contribution is 2.32. The fraction of sp³-hybridized carbons (Fsp3) is 0.179. The third-order valence-corrected chi connectivity index (χ3v) is 6.15. The van der Waals surface area contributed by atoms with Crippen LogP contribution in [0, 0.1) is 5.92 Å². The standard InChI is InChI=1S/C28H22F3N3O2/c29-28(30,31)21-10-7-18(8-11-21)23-3-1-2-4-24(23)27(36)34-22-12-9-19-13-20(16-32-25(19)14-22)26(35)33-15-17-5-6-17/h1-4,7-14,16-17H,5-6,15H2,(H,33,35)(H,34,36). The van der Waals surface area contributed by atoms with E-state index in [0.29, 0.717) is 45.9 Å². The summed E-state index contributed by atoms with van der Waals surface area (Å²) < 4.78 is 38.8. The lowest BCUT2D eigenvalue weighted by Gasteiger charge is -2.12. The van der Waals surface area contributed by atoms with Gasteiger partial charge < -0.3 is 10.6 Å². The van der Waals surface area contributed by atoms with Crippen LogP contribution in [0.2, 0.25) is 0 Å². The van der Waals surface area contributed by atoms with Crippen molar-refractivity contribution in [3.05, 3.63) is 95.7 Å². The molecule has 1 saturated carbocycles. The Morgan fingerprint density at radius 2 is 1.67 bits per heavy atom. The molecule has 0 spiro atoms. The van der Waals surface area contributed by atoms with Crippen LogP contribution in [-0.4, -0.2) is 23.3 Å². The zero-order valence-corrected chi connectivity index (χ0v) is 19.1. The Morgan fingerprint density at radius 3 is 2.39 bits per heavy atom. The van der Waals surface area contributed by atoms with Gasteiger partial charge in [0.05, 0.1) is 16.6 Å². The lowest BCUT2D eigenvalue weighted by molar-refractivity contribution is -0.137. The second-order valence-electron chi connectivity index (χ2n) is 8.86. The van der Waals surface area contributed by atoms with E-state index in [0.717, 1.165) is 30.4 Å². The first kappa shape index (κ1) is 23.5. The van der Waals surface area contributed by atoms with E-state index < -0.39 is 17.6 Å². The predicted octanol–water partition coefficient (Wildman–Crippen LogP) is 6.31. The van der Waals surface area contributed by atoms with Gasteiger partial charge in [-0.05, 0) is 66.3 Å². The van der Waals surface area contributed by atoms with Gasteiger partial charge in [-0.2, -0.15) is 13.2 Å². The maximum atomic E-state index is 13.1. The molecule has 182 valence electrons. The van der Waals surface area contributed by atoms with Gasteiger partial charge >= 0.3 is 6.18 Å². The summed E-state index contributed by atoms with van der Waals surface area (Å²) in [7, 11) is 0. The number of nitrogens with one attached hydrogen (secondary N) is 2. The number of halogens is 3. The van der Waals surface area contributed by atoms with E-state index in [4.69, 9.17) is 0 Å². The van der Waals surface area contributed by atoms with Gasteiger partial charge in [0.1, 0.15) is 0 Å². The van der Waals surface area contributed by atoms with Crippen LogP contribution in [-0.2, 0) is 6.18 Å². The zero-order valence-electron chi connectivity index (χ0n) is 19.1. The summed E-state index contributed by atoms with van der Waals surface area (Å²) >= 11 is 0. The van der Waals surface area contributed by atoms with Crippen LogP contribution < -0.4 is 10.6 Å². The number of hydrogen-bond donors (Lipinski definition) is 2. The molecular weight excluding hydrogens is 467 g/mol. The molecule has 5 rings (SSSR count). The molecule has 0 unspecified atom stereocenters. The highest BCUT2D eigenvalue weighted by molar-refractivity contribution is 6.09. The van der Waals surface area contributed by atoms with Crippen LogP contribution in [0.5, 0.6) is 0 Å². The van der Waals surface area contributed by atoms with Crippen LogP contribution in [0.1, 0.15) is 39.1 Å². The summed E-state index contributed by atoms with van der Waals surface area (Å²) in [5, 5.41) is 6.52. The van der Waals surface area contributed by atoms with Crippen molar-refractivity contribution in [2.75, 3.05) is 11.9 Å². The van der Waals surface area contributed by atoms with Crippen molar-refractivity contribution in [1.29, 1.82) is 0 Å². The van der Waals surface area contributed by atoms with Crippen molar-refractivity contribution in [3.63, 3.8) is 0 Å². The van der Waals surface area contributed by atoms with E-state index in [2.05, 4.69) is 15.6 Å². The van der Waals surface area contributed by atoms with Gasteiger partial charge in [0.2, 0.25) is 0 Å². The molecule has 36 heavy (non-hydrogen) atoms. The second kappa shape index (κ2) is 9.45. The number of carbonyl (C=O) groups is 2. The predicted molar refractivity (Wildman–Crippen MR) is 132 cm³/mol. The third kappa shape index (κ3) is 5.22. The summed E-state index contributed by atoms with van der Waals surface area (Å²) in [6.07, 6.45) is -0.615. The SMILES string of the molecule is O=C(NCC1CC1)c1cnc2cc(NC(=O)c3ccccc3-c3ccc(C(F)(F)F)cc3)ccc2c1. The minimum Gasteiger partial charge on any atom is -0.352 e. The Hall–Kier alpha value is -4.20. The number of amides is 2. The van der Waals surface area contributed by atoms with Crippen molar-refractivity contribution in [3.8, 4) is 11.1 Å². The van der Waals surface area contributed by atoms with Gasteiger partial charge in [-0.1, -0.05) is 36.4 Å². The Balaban J connectivity index is 1.34. The molecule has 0 atom stereocenters. The average molecular weight is 489 g/mol. The molecule has 0 saturated heterocycles. The van der Waals surface area contributed by atoms with Crippen LogP contribution in [0.15, 0.2) is 79.0 Å². The topological polar surface area (TPSA) is 71.1 Å². The Kier molecular flexibility index (Phi) is 6.18. The molecule has 1 aliphatic rings. The van der Waals surface area contributed by atoms with E-state index in [-0.39, 0.29) is 5.91 Å². The first-order chi connectivity index (χ1) is 17.3. The monoisotopic (exact) mass is 489 g/mol. The maximum absolute atomic E-state index is 13.1. The minimum absolute atomic E-state index is 0.159. The van der Waals surface area contributed by atoms with Crippen molar-refractivity contribution in [1.82, 2.24) is 10.3 Å². The number of carbonyl (C=O) groups excluding carboxylic acids is 2. The molecule has 1 fully saturated rings. The largest absolute Gasteiger partial charge is 0.416 e. The Morgan fingerprint density at radius 1 is 0.917 bits per heavy atom. The zero-order chi connectivity index (χ0) is 25.3. The van der Waals surface area contributed by atoms with Crippen molar-refractivity contribution < 1.29 is 22.8 Å². The lowest BCUT2D eigenvalue weighted by Crippen LogP contribution is -2.25. The number of pyridine rings is 1. The first-order valence-corrected chi connectivity index (χ1v) is 11.5. The number of nitrogens with zero attached hydrogens (tertiary/aromatic N) is 1. The smallest absolute Gasteiger partial charge is 0.352 e. The normalized spacial score (nSPS) is 13.4. The van der Waals surface area contributed by atoms with Crippen LogP contribution in [0.25, 0.3) is 22.0 Å². The fourth-order valence-corrected chi connectivity index (χ4v) is 3.95. The molecule has 1 aromatic heterocycles. The molecular formula is C28H22F3N3O2. The molecule has 4 aromatic rings. The number of benzene rings is 3. The summed E-state index contributed by atoms with van der Waals surface area (Å²) in [6.45, 7) is 0.676. The summed E-state index contributed by atoms with van der Waals surface area (Å²) in [4.78, 5) is 29.8. The summed E-state index contributed by atoms with van der Waals surface area (Å²) in [5.41, 5.74) is 2.19. The van der Waals surface area contributed by atoms with Gasteiger partial charge in [-0.15, -0.1) is 0 Å². The molecule has 8 heteroatoms. The van der Waals surface area contributed by atoms with Crippen molar-refractivity contribution in [2.24, 2.45) is 5.92 Å². The van der Waals surface area contributed by atoms with Crippen LogP contribution in [0.3, 0.4) is 0 Å². The highest BCUT2D eigenvalue weighted by Gasteiger charge is 2.30. The number of anilines is 1. The van der Waals surface area contributed by atoms with E-state index in [1.54, 1.807) is 48.5 Å². The van der Waals surface area contributed by atoms with Gasteiger partial charge in [0, 0.05) is 29.4 Å². The van der Waals surface area contributed by atoms with Crippen LogP contribution in [0.4, 0.5) is 18.9 Å². The van der Waals surface area contributed by atoms with Crippen molar-refractivity contribution in [2.45, 2.75) is 19.0 Å². The minimum atomic E-state index is -4.43. The molecule has 0 radical (unpaired) electrons. The molecule has 2 N–H and O–H groups in total. The van der Waals surface area contributed by atoms with E-state index in [9.17, 15) is 22.8 Å². The fourth-order valence-electron chi connectivity index (χ4n) is 3.95. The molecule has 1 aliphatic carbocycles. The number of alkyl halides is 3. The second-order valence-corrected chi connectivity index (χ2v) is 8.86. The third-order valence-electron chi connectivity index (χ3n) is 6.15. The summed E-state index contributed by atoms with van der Waals surface area (Å²) in [5.74, 6) is 0.0207. The number of rotatable bonds is 6. The molecule has 5 nitrogen and oxygen atoms in total. The first-order valence-electron chi connectivity index (χ1n) is 11.5.